The molecule has 0 fully saturated rings. The van der Waals surface area contributed by atoms with Crippen LogP contribution >= 0.6 is 0 Å². The molecule has 8 aromatic rings. The number of aliphatic carboxylic acids is 2. The monoisotopic (exact) mass is 902 g/mol. The van der Waals surface area contributed by atoms with Gasteiger partial charge in [0.25, 0.3) is 0 Å². The Morgan fingerprint density at radius 1 is 0.443 bits per heavy atom. The average molecular weight is 903 g/mol. The molecule has 8 aromatic carbocycles. The number of rotatable bonds is 10. The summed E-state index contributed by atoms with van der Waals surface area (Å²) in [5, 5.41) is 34.5. The minimum Gasteiger partial charge on any atom is -0.550 e. The van der Waals surface area contributed by atoms with Gasteiger partial charge in [0.2, 0.25) is 0 Å². The first-order chi connectivity index (χ1) is 29.0. The summed E-state index contributed by atoms with van der Waals surface area (Å²) in [6, 6.07) is 40.7. The van der Waals surface area contributed by atoms with E-state index >= 15 is 0 Å². The Kier molecular flexibility index (Phi) is 15.1. The standard InChI is InChI=1S/2C24H23N2.2C2H4O2.Pd/c2*1-25-15-16-26(17-25)14-3-2-5-18-8-9-21-11-10-19-6-4-7-20-12-13-22(18)24(21)23(19)20;2*1-2(3)4;/h2*4,6-13,15-17H,2-3,5,14H2,1H3;2*1H3,(H,3,4);/q;;;;+2/p-2. The molecule has 0 atom stereocenters. The van der Waals surface area contributed by atoms with Crippen LogP contribution in [-0.2, 0) is 42.9 Å². The minimum absolute atomic E-state index is 0. The van der Waals surface area contributed by atoms with E-state index in [1.54, 1.807) is 0 Å². The Hall–Kier alpha value is -5.88. The van der Waals surface area contributed by atoms with E-state index in [1.165, 1.54) is 101 Å². The second kappa shape index (κ2) is 20.6. The van der Waals surface area contributed by atoms with Gasteiger partial charge in [-0.05, 0) is 128 Å². The molecule has 2 aliphatic heterocycles. The fourth-order valence-corrected chi connectivity index (χ4v) is 8.52. The van der Waals surface area contributed by atoms with E-state index in [-0.39, 0.29) is 20.4 Å². The summed E-state index contributed by atoms with van der Waals surface area (Å²) in [7, 11) is 4.14. The molecular weight excluding hydrogens is 851 g/mol. The zero-order chi connectivity index (χ0) is 42.2. The Morgan fingerprint density at radius 3 is 1.08 bits per heavy atom. The van der Waals surface area contributed by atoms with E-state index < -0.39 is 11.9 Å². The van der Waals surface area contributed by atoms with Crippen molar-refractivity contribution in [2.75, 3.05) is 27.2 Å². The number of nitrogens with zero attached hydrogens (tertiary/aromatic N) is 4. The number of hydrogen-bond donors (Lipinski definition) is 0. The van der Waals surface area contributed by atoms with Crippen molar-refractivity contribution in [3.63, 3.8) is 0 Å². The quantitative estimate of drug-likeness (QED) is 0.0764. The number of carbonyl (C=O) groups is 2. The fourth-order valence-electron chi connectivity index (χ4n) is 8.52. The van der Waals surface area contributed by atoms with E-state index in [9.17, 15) is 0 Å². The van der Waals surface area contributed by atoms with Crippen LogP contribution in [-0.4, -0.2) is 58.7 Å². The SMILES string of the molecule is CC(=O)[O-].CC(=O)[O-].CN1[CH]N(CCCCc2ccc3ccc4cccc5ccc2c3c45)C=C1.CN1[CH]N(CCCCc2ccc3ccc4cccc5ccc2c3c45)C=C1.[Pd+2]. The second-order valence-electron chi connectivity index (χ2n) is 15.7. The number of unbranched alkanes of at least 4 members (excludes halogenated alkanes) is 2. The first-order valence-electron chi connectivity index (χ1n) is 20.7. The molecule has 314 valence electrons. The molecule has 0 bridgehead atoms. The van der Waals surface area contributed by atoms with Crippen LogP contribution in [0.3, 0.4) is 0 Å². The van der Waals surface area contributed by atoms with Crippen molar-refractivity contribution in [3.05, 3.63) is 158 Å². The van der Waals surface area contributed by atoms with Crippen LogP contribution in [0.25, 0.3) is 64.6 Å². The van der Waals surface area contributed by atoms with Crippen molar-refractivity contribution in [3.8, 4) is 0 Å². The topological polar surface area (TPSA) is 93.2 Å². The van der Waals surface area contributed by atoms with Gasteiger partial charge in [0.1, 0.15) is 13.3 Å². The van der Waals surface area contributed by atoms with Gasteiger partial charge in [-0.15, -0.1) is 0 Å². The predicted octanol–water partition coefficient (Wildman–Crippen LogP) is 9.00. The smallest absolute Gasteiger partial charge is 0.550 e. The van der Waals surface area contributed by atoms with Gasteiger partial charge >= 0.3 is 20.4 Å². The molecule has 2 radical (unpaired) electrons. The van der Waals surface area contributed by atoms with Gasteiger partial charge in [-0.3, -0.25) is 0 Å². The van der Waals surface area contributed by atoms with Crippen LogP contribution in [0.4, 0.5) is 0 Å². The van der Waals surface area contributed by atoms with E-state index in [0.29, 0.717) is 0 Å². The van der Waals surface area contributed by atoms with Crippen molar-refractivity contribution >= 4 is 76.6 Å². The summed E-state index contributed by atoms with van der Waals surface area (Å²) in [6.07, 6.45) is 15.6. The van der Waals surface area contributed by atoms with Gasteiger partial charge in [0, 0.05) is 63.9 Å². The van der Waals surface area contributed by atoms with E-state index in [0.717, 1.165) is 39.8 Å². The summed E-state index contributed by atoms with van der Waals surface area (Å²) in [5.74, 6) is -2.17. The molecule has 0 unspecified atom stereocenters. The summed E-state index contributed by atoms with van der Waals surface area (Å²) in [6.45, 7) is 8.42. The molecule has 10 rings (SSSR count). The maximum atomic E-state index is 8.89. The van der Waals surface area contributed by atoms with Crippen molar-refractivity contribution in [1.29, 1.82) is 0 Å². The Bertz CT molecular complexity index is 2550. The number of aryl methyl sites for hydroxylation is 2. The average Bonchev–Trinajstić information content (AvgIpc) is 3.86. The molecule has 0 N–H and O–H groups in total. The van der Waals surface area contributed by atoms with Gasteiger partial charge in [0.15, 0.2) is 0 Å². The third-order valence-electron chi connectivity index (χ3n) is 11.1. The largest absolute Gasteiger partial charge is 2.00 e. The van der Waals surface area contributed by atoms with Crippen molar-refractivity contribution in [2.45, 2.75) is 52.4 Å². The molecule has 2 heterocycles. The summed E-state index contributed by atoms with van der Waals surface area (Å²) < 4.78 is 0. The Balaban J connectivity index is 0.000000172. The van der Waals surface area contributed by atoms with Crippen LogP contribution in [0.1, 0.15) is 50.7 Å². The third-order valence-corrected chi connectivity index (χ3v) is 11.1. The van der Waals surface area contributed by atoms with Gasteiger partial charge < -0.3 is 39.4 Å². The summed E-state index contributed by atoms with van der Waals surface area (Å²) >= 11 is 0. The second-order valence-corrected chi connectivity index (χ2v) is 15.7. The van der Waals surface area contributed by atoms with Gasteiger partial charge in [-0.1, -0.05) is 109 Å². The van der Waals surface area contributed by atoms with E-state index in [4.69, 9.17) is 19.8 Å². The van der Waals surface area contributed by atoms with Crippen LogP contribution in [0.5, 0.6) is 0 Å². The molecule has 0 saturated carbocycles. The summed E-state index contributed by atoms with van der Waals surface area (Å²) in [5.41, 5.74) is 2.96. The molecule has 2 aliphatic rings. The molecule has 0 spiro atoms. The number of benzene rings is 8. The predicted molar refractivity (Wildman–Crippen MR) is 243 cm³/mol. The molecule has 0 aliphatic carbocycles. The first kappa shape index (κ1) is 44.7. The van der Waals surface area contributed by atoms with Crippen molar-refractivity contribution in [1.82, 2.24) is 19.6 Å². The Morgan fingerprint density at radius 2 is 0.754 bits per heavy atom. The number of carboxylic acids is 2. The van der Waals surface area contributed by atoms with Gasteiger partial charge in [-0.25, -0.2) is 0 Å². The molecule has 8 nitrogen and oxygen atoms in total. The molecular formula is C52H52N4O4Pd. The number of carbonyl (C=O) groups excluding carboxylic acids is 2. The molecule has 0 aromatic heterocycles. The maximum Gasteiger partial charge on any atom is 2.00 e. The maximum absolute atomic E-state index is 8.89. The van der Waals surface area contributed by atoms with Crippen LogP contribution in [0.2, 0.25) is 0 Å². The van der Waals surface area contributed by atoms with Crippen molar-refractivity contribution in [2.24, 2.45) is 0 Å². The van der Waals surface area contributed by atoms with Gasteiger partial charge in [0.05, 0.1) is 0 Å². The van der Waals surface area contributed by atoms with E-state index in [1.807, 2.05) is 0 Å². The molecule has 0 amide bonds. The minimum atomic E-state index is -1.08. The third kappa shape index (κ3) is 10.9. The zero-order valence-corrected chi connectivity index (χ0v) is 36.8. The van der Waals surface area contributed by atoms with Crippen LogP contribution in [0, 0.1) is 13.3 Å². The zero-order valence-electron chi connectivity index (χ0n) is 35.3. The van der Waals surface area contributed by atoms with E-state index in [2.05, 4.69) is 181 Å². The van der Waals surface area contributed by atoms with Crippen LogP contribution < -0.4 is 10.2 Å². The first-order valence-corrected chi connectivity index (χ1v) is 20.7. The molecule has 0 saturated heterocycles. The Labute approximate surface area is 372 Å². The number of hydrogen-bond acceptors (Lipinski definition) is 8. The normalized spacial score (nSPS) is 13.2. The molecule has 9 heteroatoms. The number of carboxylic acid groups (broad SMARTS) is 2. The summed E-state index contributed by atoms with van der Waals surface area (Å²) in [4.78, 5) is 26.5. The molecule has 61 heavy (non-hydrogen) atoms. The van der Waals surface area contributed by atoms with Crippen LogP contribution in [0.15, 0.2) is 134 Å². The van der Waals surface area contributed by atoms with Gasteiger partial charge in [-0.2, -0.15) is 0 Å². The van der Waals surface area contributed by atoms with Crippen molar-refractivity contribution < 1.29 is 40.2 Å². The fraction of sp³-hybridized carbons (Fsp3) is 0.231.